The number of nitrogens with zero attached hydrogens (tertiary/aromatic N) is 1. The minimum atomic E-state index is 1.16. The highest BCUT2D eigenvalue weighted by atomic mass is 15.1. The lowest BCUT2D eigenvalue weighted by molar-refractivity contribution is 0.306. The molecule has 0 rings (SSSR count). The zero-order chi connectivity index (χ0) is 10.1. The minimum Gasteiger partial charge on any atom is -0.300 e. The van der Waals surface area contributed by atoms with Gasteiger partial charge in [0.25, 0.3) is 0 Å². The van der Waals surface area contributed by atoms with Crippen LogP contribution < -0.4 is 0 Å². The van der Waals surface area contributed by atoms with Crippen molar-refractivity contribution in [3.63, 3.8) is 0 Å². The lowest BCUT2D eigenvalue weighted by Gasteiger charge is -2.20. The lowest BCUT2D eigenvalue weighted by atomic mass is 10.2. The molecule has 0 saturated heterocycles. The molecule has 0 bridgehead atoms. The van der Waals surface area contributed by atoms with E-state index in [1.807, 2.05) is 0 Å². The van der Waals surface area contributed by atoms with E-state index in [4.69, 9.17) is 0 Å². The van der Waals surface area contributed by atoms with Crippen molar-refractivity contribution in [2.24, 2.45) is 0 Å². The molecule has 1 nitrogen and oxygen atoms in total. The van der Waals surface area contributed by atoms with Crippen LogP contribution in [0.2, 0.25) is 0 Å². The molecule has 0 aromatic heterocycles. The van der Waals surface area contributed by atoms with Crippen LogP contribution in [-0.4, -0.2) is 24.5 Å². The van der Waals surface area contributed by atoms with Crippen molar-refractivity contribution in [2.75, 3.05) is 19.6 Å². The summed E-state index contributed by atoms with van der Waals surface area (Å²) in [6, 6.07) is 0. The highest BCUT2D eigenvalue weighted by molar-refractivity contribution is 4.99. The molecule has 0 heterocycles. The van der Waals surface area contributed by atoms with Crippen LogP contribution in [0, 0.1) is 0 Å². The highest BCUT2D eigenvalue weighted by Gasteiger charge is 2.01. The first-order chi connectivity index (χ1) is 6.24. The van der Waals surface area contributed by atoms with Crippen LogP contribution >= 0.6 is 0 Å². The Hall–Kier alpha value is -0.300. The van der Waals surface area contributed by atoms with E-state index in [-0.39, 0.29) is 0 Å². The first-order valence-electron chi connectivity index (χ1n) is 5.62. The summed E-state index contributed by atoms with van der Waals surface area (Å²) >= 11 is 0. The first kappa shape index (κ1) is 12.7. The fourth-order valence-corrected chi connectivity index (χ4v) is 1.50. The molecule has 0 unspecified atom stereocenters. The van der Waals surface area contributed by atoms with Crippen molar-refractivity contribution in [3.8, 4) is 0 Å². The molecule has 0 aromatic rings. The van der Waals surface area contributed by atoms with E-state index in [9.17, 15) is 0 Å². The van der Waals surface area contributed by atoms with Gasteiger partial charge < -0.3 is 0 Å². The Labute approximate surface area is 83.8 Å². The van der Waals surface area contributed by atoms with Gasteiger partial charge in [-0.1, -0.05) is 38.8 Å². The topological polar surface area (TPSA) is 3.24 Å². The number of rotatable bonds is 7. The monoisotopic (exact) mass is 183 g/mol. The van der Waals surface area contributed by atoms with Crippen molar-refractivity contribution >= 4 is 0 Å². The van der Waals surface area contributed by atoms with Crippen molar-refractivity contribution in [2.45, 2.75) is 47.0 Å². The van der Waals surface area contributed by atoms with Gasteiger partial charge >= 0.3 is 0 Å². The highest BCUT2D eigenvalue weighted by Crippen LogP contribution is 2.01. The molecule has 0 aromatic carbocycles. The third kappa shape index (κ3) is 6.83. The third-order valence-corrected chi connectivity index (χ3v) is 2.30. The van der Waals surface area contributed by atoms with E-state index >= 15 is 0 Å². The summed E-state index contributed by atoms with van der Waals surface area (Å²) in [5, 5.41) is 0. The van der Waals surface area contributed by atoms with Crippen molar-refractivity contribution < 1.29 is 0 Å². The molecule has 1 heteroatoms. The number of hydrogen-bond acceptors (Lipinski definition) is 1. The maximum Gasteiger partial charge on any atom is 0.0189 e. The van der Waals surface area contributed by atoms with Gasteiger partial charge in [-0.05, 0) is 32.9 Å². The molecule has 13 heavy (non-hydrogen) atoms. The van der Waals surface area contributed by atoms with Crippen LogP contribution in [0.25, 0.3) is 0 Å². The average Bonchev–Trinajstić information content (AvgIpc) is 2.12. The maximum absolute atomic E-state index is 2.52. The van der Waals surface area contributed by atoms with Crippen LogP contribution in [0.3, 0.4) is 0 Å². The zero-order valence-electron chi connectivity index (χ0n) is 9.77. The van der Waals surface area contributed by atoms with Crippen LogP contribution in [0.1, 0.15) is 47.0 Å². The summed E-state index contributed by atoms with van der Waals surface area (Å²) in [6.07, 6.45) is 6.12. The summed E-state index contributed by atoms with van der Waals surface area (Å²) < 4.78 is 0. The van der Waals surface area contributed by atoms with E-state index in [0.717, 1.165) is 13.0 Å². The minimum absolute atomic E-state index is 1.16. The molecule has 0 fully saturated rings. The second-order valence-electron chi connectivity index (χ2n) is 3.68. The van der Waals surface area contributed by atoms with Crippen molar-refractivity contribution in [3.05, 3.63) is 11.6 Å². The SMILES string of the molecule is CCC=C(C)CN(CC)CCCC. The second kappa shape index (κ2) is 8.31. The Morgan fingerprint density at radius 1 is 1.23 bits per heavy atom. The molecule has 0 aliphatic heterocycles. The van der Waals surface area contributed by atoms with E-state index in [2.05, 4.69) is 38.7 Å². The van der Waals surface area contributed by atoms with Gasteiger partial charge in [-0.15, -0.1) is 0 Å². The molecule has 0 N–H and O–H groups in total. The second-order valence-corrected chi connectivity index (χ2v) is 3.68. The molecular formula is C12H25N. The molecule has 0 amide bonds. The van der Waals surface area contributed by atoms with Gasteiger partial charge in [-0.25, -0.2) is 0 Å². The number of likely N-dealkylation sites (N-methyl/N-ethyl adjacent to an activating group) is 1. The third-order valence-electron chi connectivity index (χ3n) is 2.30. The standard InChI is InChI=1S/C12H25N/c1-5-8-10-13(7-3)11-12(4)9-6-2/h9H,5-8,10-11H2,1-4H3. The number of hydrogen-bond donors (Lipinski definition) is 0. The Morgan fingerprint density at radius 2 is 1.92 bits per heavy atom. The molecular weight excluding hydrogens is 158 g/mol. The Bertz CT molecular complexity index is 138. The van der Waals surface area contributed by atoms with Gasteiger partial charge in [-0.3, -0.25) is 4.90 Å². The molecule has 0 atom stereocenters. The Morgan fingerprint density at radius 3 is 2.38 bits per heavy atom. The van der Waals surface area contributed by atoms with Crippen LogP contribution in [0.5, 0.6) is 0 Å². The summed E-state index contributed by atoms with van der Waals surface area (Å²) in [4.78, 5) is 2.52. The van der Waals surface area contributed by atoms with E-state index in [1.54, 1.807) is 0 Å². The largest absolute Gasteiger partial charge is 0.300 e. The quantitative estimate of drug-likeness (QED) is 0.546. The van der Waals surface area contributed by atoms with E-state index < -0.39 is 0 Å². The lowest BCUT2D eigenvalue weighted by Crippen LogP contribution is -2.26. The van der Waals surface area contributed by atoms with E-state index in [1.165, 1.54) is 31.5 Å². The number of unbranched alkanes of at least 4 members (excludes halogenated alkanes) is 1. The molecule has 0 saturated carbocycles. The van der Waals surface area contributed by atoms with Gasteiger partial charge in [0.2, 0.25) is 0 Å². The average molecular weight is 183 g/mol. The van der Waals surface area contributed by atoms with Gasteiger partial charge in [0.05, 0.1) is 0 Å². The molecule has 0 aliphatic rings. The van der Waals surface area contributed by atoms with Crippen LogP contribution in [0.4, 0.5) is 0 Å². The molecule has 0 aliphatic carbocycles. The molecule has 0 spiro atoms. The Kier molecular flexibility index (Phi) is 8.11. The van der Waals surface area contributed by atoms with E-state index in [0.29, 0.717) is 0 Å². The smallest absolute Gasteiger partial charge is 0.0189 e. The van der Waals surface area contributed by atoms with Gasteiger partial charge in [0.1, 0.15) is 0 Å². The first-order valence-corrected chi connectivity index (χ1v) is 5.62. The summed E-state index contributed by atoms with van der Waals surface area (Å²) in [5.74, 6) is 0. The zero-order valence-corrected chi connectivity index (χ0v) is 9.77. The summed E-state index contributed by atoms with van der Waals surface area (Å²) in [6.45, 7) is 12.5. The van der Waals surface area contributed by atoms with Crippen LogP contribution in [0.15, 0.2) is 11.6 Å². The van der Waals surface area contributed by atoms with Crippen LogP contribution in [-0.2, 0) is 0 Å². The normalized spacial score (nSPS) is 12.5. The number of allylic oxidation sites excluding steroid dienone is 1. The van der Waals surface area contributed by atoms with Crippen molar-refractivity contribution in [1.82, 2.24) is 4.90 Å². The fraction of sp³-hybridized carbons (Fsp3) is 0.833. The summed E-state index contributed by atoms with van der Waals surface area (Å²) in [7, 11) is 0. The van der Waals surface area contributed by atoms with Gasteiger partial charge in [0.15, 0.2) is 0 Å². The maximum atomic E-state index is 2.52. The molecule has 78 valence electrons. The van der Waals surface area contributed by atoms with Gasteiger partial charge in [-0.2, -0.15) is 0 Å². The predicted molar refractivity (Wildman–Crippen MR) is 61.1 cm³/mol. The predicted octanol–water partition coefficient (Wildman–Crippen LogP) is 3.46. The summed E-state index contributed by atoms with van der Waals surface area (Å²) in [5.41, 5.74) is 1.51. The van der Waals surface area contributed by atoms with Crippen molar-refractivity contribution in [1.29, 1.82) is 0 Å². The Balaban J connectivity index is 3.75. The molecule has 0 radical (unpaired) electrons. The van der Waals surface area contributed by atoms with Gasteiger partial charge in [0, 0.05) is 6.54 Å². The fourth-order valence-electron chi connectivity index (χ4n) is 1.50.